The first-order valence-electron chi connectivity index (χ1n) is 9.26. The van der Waals surface area contributed by atoms with Gasteiger partial charge in [0.25, 0.3) is 0 Å². The minimum absolute atomic E-state index is 0.0406. The van der Waals surface area contributed by atoms with E-state index < -0.39 is 8.32 Å². The summed E-state index contributed by atoms with van der Waals surface area (Å²) < 4.78 is 6.60. The summed E-state index contributed by atoms with van der Waals surface area (Å²) in [6, 6.07) is 0. The number of carbonyl (C=O) groups excluding carboxylic acids is 1. The van der Waals surface area contributed by atoms with Gasteiger partial charge >= 0.3 is 0 Å². The predicted octanol–water partition coefficient (Wildman–Crippen LogP) is 6.60. The van der Waals surface area contributed by atoms with Gasteiger partial charge < -0.3 is 9.22 Å². The maximum Gasteiger partial charge on any atom is 0.192 e. The van der Waals surface area contributed by atoms with E-state index in [2.05, 4.69) is 68.5 Å². The van der Waals surface area contributed by atoms with Gasteiger partial charge in [0.1, 0.15) is 6.29 Å². The van der Waals surface area contributed by atoms with Crippen molar-refractivity contribution in [3.63, 3.8) is 0 Å². The lowest BCUT2D eigenvalue weighted by Crippen LogP contribution is -2.47. The van der Waals surface area contributed by atoms with Crippen molar-refractivity contribution < 1.29 is 9.22 Å². The third kappa shape index (κ3) is 9.04. The van der Waals surface area contributed by atoms with Gasteiger partial charge in [-0.2, -0.15) is 0 Å². The molecule has 0 N–H and O–H groups in total. The van der Waals surface area contributed by atoms with Gasteiger partial charge in [0.2, 0.25) is 0 Å². The fourth-order valence-electron chi connectivity index (χ4n) is 3.13. The van der Waals surface area contributed by atoms with Crippen LogP contribution in [-0.4, -0.2) is 20.2 Å². The number of hydrogen-bond acceptors (Lipinski definition) is 2. The van der Waals surface area contributed by atoms with Crippen molar-refractivity contribution in [2.45, 2.75) is 111 Å². The number of aldehydes is 1. The monoisotopic (exact) mass is 342 g/mol. The van der Waals surface area contributed by atoms with Gasteiger partial charge in [-0.15, -0.1) is 0 Å². The molecule has 0 bridgehead atoms. The predicted molar refractivity (Wildman–Crippen MR) is 104 cm³/mol. The Balaban J connectivity index is 4.38. The molecular formula is C20H42O2Si. The molecule has 0 aliphatic heterocycles. The maximum absolute atomic E-state index is 10.7. The van der Waals surface area contributed by atoms with Crippen LogP contribution in [0.25, 0.3) is 0 Å². The second-order valence-electron chi connectivity index (χ2n) is 10.4. The van der Waals surface area contributed by atoms with E-state index in [9.17, 15) is 4.79 Å². The zero-order valence-electron chi connectivity index (χ0n) is 17.5. The van der Waals surface area contributed by atoms with Crippen LogP contribution < -0.4 is 0 Å². The molecule has 1 unspecified atom stereocenters. The quantitative estimate of drug-likeness (QED) is 0.330. The highest BCUT2D eigenvalue weighted by atomic mass is 28.4. The molecule has 0 heterocycles. The Labute approximate surface area is 146 Å². The largest absolute Gasteiger partial charge is 0.412 e. The molecule has 0 fully saturated rings. The fraction of sp³-hybridized carbons (Fsp3) is 0.950. The Morgan fingerprint density at radius 2 is 1.57 bits per heavy atom. The summed E-state index contributed by atoms with van der Waals surface area (Å²) in [4.78, 5) is 10.7. The summed E-state index contributed by atoms with van der Waals surface area (Å²) >= 11 is 0. The molecule has 0 aromatic carbocycles. The molecule has 1 atom stereocenters. The molecule has 0 spiro atoms. The van der Waals surface area contributed by atoms with Crippen molar-refractivity contribution in [1.82, 2.24) is 0 Å². The minimum Gasteiger partial charge on any atom is -0.412 e. The number of hydrogen-bond donors (Lipinski definition) is 0. The van der Waals surface area contributed by atoms with Crippen molar-refractivity contribution in [2.75, 3.05) is 0 Å². The van der Waals surface area contributed by atoms with E-state index in [0.717, 1.165) is 19.1 Å². The topological polar surface area (TPSA) is 26.3 Å². The highest BCUT2D eigenvalue weighted by Crippen LogP contribution is 2.40. The fourth-order valence-corrected chi connectivity index (χ4v) is 4.92. The number of rotatable bonds is 10. The van der Waals surface area contributed by atoms with Crippen LogP contribution in [0.5, 0.6) is 0 Å². The third-order valence-corrected chi connectivity index (χ3v) is 10.0. The maximum atomic E-state index is 10.7. The van der Waals surface area contributed by atoms with Crippen LogP contribution in [0, 0.1) is 11.3 Å². The summed E-state index contributed by atoms with van der Waals surface area (Å²) in [6.45, 7) is 22.8. The molecular weight excluding hydrogens is 300 g/mol. The Morgan fingerprint density at radius 1 is 1.04 bits per heavy atom. The third-order valence-electron chi connectivity index (χ3n) is 5.35. The Hall–Kier alpha value is -0.153. The van der Waals surface area contributed by atoms with E-state index in [1.165, 1.54) is 12.8 Å². The molecule has 0 saturated carbocycles. The highest BCUT2D eigenvalue weighted by Gasteiger charge is 2.41. The van der Waals surface area contributed by atoms with E-state index in [4.69, 9.17) is 4.43 Å². The van der Waals surface area contributed by atoms with Gasteiger partial charge in [-0.25, -0.2) is 0 Å². The second-order valence-corrected chi connectivity index (χ2v) is 15.1. The Bertz CT molecular complexity index is 364. The van der Waals surface area contributed by atoms with Crippen molar-refractivity contribution in [1.29, 1.82) is 0 Å². The van der Waals surface area contributed by atoms with Crippen LogP contribution in [0.3, 0.4) is 0 Å². The summed E-state index contributed by atoms with van der Waals surface area (Å²) in [6.07, 6.45) is 6.36. The Morgan fingerprint density at radius 3 is 2.00 bits per heavy atom. The van der Waals surface area contributed by atoms with Gasteiger partial charge in [-0.1, -0.05) is 54.4 Å². The van der Waals surface area contributed by atoms with Gasteiger partial charge in [0, 0.05) is 6.42 Å². The average Bonchev–Trinajstić information content (AvgIpc) is 2.23. The molecule has 0 amide bonds. The first-order chi connectivity index (χ1) is 10.1. The van der Waals surface area contributed by atoms with Gasteiger partial charge in [-0.3, -0.25) is 0 Å². The van der Waals surface area contributed by atoms with Crippen molar-refractivity contribution in [3.05, 3.63) is 0 Å². The van der Waals surface area contributed by atoms with Crippen molar-refractivity contribution >= 4 is 14.6 Å². The van der Waals surface area contributed by atoms with E-state index >= 15 is 0 Å². The van der Waals surface area contributed by atoms with Crippen LogP contribution in [0.4, 0.5) is 0 Å². The highest BCUT2D eigenvalue weighted by molar-refractivity contribution is 6.74. The smallest absolute Gasteiger partial charge is 0.192 e. The molecule has 23 heavy (non-hydrogen) atoms. The van der Waals surface area contributed by atoms with Crippen LogP contribution in [0.2, 0.25) is 18.1 Å². The minimum atomic E-state index is -1.71. The summed E-state index contributed by atoms with van der Waals surface area (Å²) in [5.41, 5.74) is 0.0926. The van der Waals surface area contributed by atoms with E-state index in [1.807, 2.05) is 0 Å². The molecule has 0 saturated heterocycles. The molecule has 2 nitrogen and oxygen atoms in total. The Kier molecular flexibility index (Phi) is 8.23. The van der Waals surface area contributed by atoms with Crippen molar-refractivity contribution in [3.8, 4) is 0 Å². The zero-order chi connectivity index (χ0) is 18.5. The lowest BCUT2D eigenvalue weighted by Gasteiger charge is -2.43. The average molecular weight is 343 g/mol. The lowest BCUT2D eigenvalue weighted by molar-refractivity contribution is -0.109. The van der Waals surface area contributed by atoms with Crippen molar-refractivity contribution in [2.24, 2.45) is 11.3 Å². The molecule has 0 rings (SSSR count). The molecule has 138 valence electrons. The summed E-state index contributed by atoms with van der Waals surface area (Å²) in [5, 5.41) is 0.260. The summed E-state index contributed by atoms with van der Waals surface area (Å²) in [7, 11) is -1.71. The van der Waals surface area contributed by atoms with Crippen LogP contribution in [0.15, 0.2) is 0 Å². The van der Waals surface area contributed by atoms with Gasteiger partial charge in [-0.05, 0) is 56.2 Å². The zero-order valence-corrected chi connectivity index (χ0v) is 18.5. The van der Waals surface area contributed by atoms with Gasteiger partial charge in [0.15, 0.2) is 8.32 Å². The molecule has 0 radical (unpaired) electrons. The second kappa shape index (κ2) is 8.29. The number of carbonyl (C=O) groups is 1. The molecule has 0 aromatic heterocycles. The van der Waals surface area contributed by atoms with E-state index in [0.29, 0.717) is 12.3 Å². The standard InChI is InChI=1S/C20H42O2Si/c1-17(16-19(5,6)14-15-21)12-11-13-20(7,8)22-23(9,10)18(2,3)4/h15,17H,11-14,16H2,1-10H3. The normalized spacial score (nSPS) is 15.6. The van der Waals surface area contributed by atoms with Gasteiger partial charge in [0.05, 0.1) is 5.60 Å². The van der Waals surface area contributed by atoms with Crippen LogP contribution >= 0.6 is 0 Å². The summed E-state index contributed by atoms with van der Waals surface area (Å²) in [5.74, 6) is 0.661. The van der Waals surface area contributed by atoms with E-state index in [1.54, 1.807) is 0 Å². The molecule has 0 aliphatic carbocycles. The van der Waals surface area contributed by atoms with Crippen LogP contribution in [0.1, 0.15) is 87.5 Å². The SMILES string of the molecule is CC(CCCC(C)(C)O[Si](C)(C)C(C)(C)C)CC(C)(C)CC=O. The molecule has 0 aromatic rings. The molecule has 3 heteroatoms. The first kappa shape index (κ1) is 22.8. The lowest BCUT2D eigenvalue weighted by atomic mass is 9.79. The van der Waals surface area contributed by atoms with E-state index in [-0.39, 0.29) is 16.1 Å². The van der Waals surface area contributed by atoms with Crippen LogP contribution in [-0.2, 0) is 9.22 Å². The molecule has 0 aliphatic rings. The first-order valence-corrected chi connectivity index (χ1v) is 12.2.